The lowest BCUT2D eigenvalue weighted by atomic mass is 9.74. The molecule has 0 spiro atoms. The van der Waals surface area contributed by atoms with Crippen molar-refractivity contribution in [3.63, 3.8) is 0 Å². The van der Waals surface area contributed by atoms with Crippen LogP contribution in [-0.4, -0.2) is 5.66 Å². The summed E-state index contributed by atoms with van der Waals surface area (Å²) in [5.41, 5.74) is 3.54. The lowest BCUT2D eigenvalue weighted by molar-refractivity contribution is 0.406. The molecule has 6 rings (SSSR count). The molecule has 1 fully saturated rings. The minimum Gasteiger partial charge on any atom is -0.0848 e. The van der Waals surface area contributed by atoms with E-state index in [2.05, 4.69) is 133 Å². The fourth-order valence-corrected chi connectivity index (χ4v) is 9.59. The smallest absolute Gasteiger partial charge is 0.0130 e. The molecular formula is C32H29P. The van der Waals surface area contributed by atoms with Crippen molar-refractivity contribution in [1.82, 2.24) is 0 Å². The molecule has 0 aliphatic heterocycles. The van der Waals surface area contributed by atoms with Crippen LogP contribution in [-0.2, 0) is 0 Å². The molecule has 0 nitrogen and oxygen atoms in total. The largest absolute Gasteiger partial charge is 0.0848 e. The third kappa shape index (κ3) is 3.88. The van der Waals surface area contributed by atoms with Gasteiger partial charge in [-0.3, -0.25) is 0 Å². The first-order valence-corrected chi connectivity index (χ1v) is 13.5. The van der Waals surface area contributed by atoms with Gasteiger partial charge in [-0.15, -0.1) is 0 Å². The first kappa shape index (κ1) is 20.6. The van der Waals surface area contributed by atoms with Gasteiger partial charge in [0.25, 0.3) is 0 Å². The highest BCUT2D eigenvalue weighted by atomic mass is 31.1. The average Bonchev–Trinajstić information content (AvgIpc) is 3.50. The van der Waals surface area contributed by atoms with E-state index in [1.165, 1.54) is 28.2 Å². The highest BCUT2D eigenvalue weighted by Gasteiger charge is 2.51. The van der Waals surface area contributed by atoms with Crippen LogP contribution < -0.4 is 10.6 Å². The lowest BCUT2D eigenvalue weighted by Crippen LogP contribution is -2.35. The molecule has 0 amide bonds. The maximum atomic E-state index is 2.54. The van der Waals surface area contributed by atoms with Gasteiger partial charge in [-0.05, 0) is 59.5 Å². The molecule has 1 unspecified atom stereocenters. The number of fused-ring (bicyclic) bond motifs is 2. The number of hydrogen-bond donors (Lipinski definition) is 0. The van der Waals surface area contributed by atoms with Gasteiger partial charge < -0.3 is 0 Å². The van der Waals surface area contributed by atoms with Crippen LogP contribution in [0.15, 0.2) is 133 Å². The summed E-state index contributed by atoms with van der Waals surface area (Å²) in [5, 5.41) is 3.02. The van der Waals surface area contributed by atoms with E-state index in [1.54, 1.807) is 0 Å². The summed E-state index contributed by atoms with van der Waals surface area (Å²) >= 11 is 0. The second-order valence-electron chi connectivity index (χ2n) is 9.36. The van der Waals surface area contributed by atoms with Gasteiger partial charge in [0.2, 0.25) is 0 Å². The quantitative estimate of drug-likeness (QED) is 0.219. The standard InChI is InChI=1S/C32H29P/c1-5-13-24(14-6-1)30(25-15-7-2-8-16-25)31-26-21-22-27(23-26)32(31)33(28-17-9-3-10-18-28)29-19-11-4-12-20-29/h1-22,26-27,30-32H,23H2/t26?,27-,31-,32+/m1/s1. The monoisotopic (exact) mass is 444 g/mol. The second kappa shape index (κ2) is 9.12. The number of hydrogen-bond acceptors (Lipinski definition) is 0. The van der Waals surface area contributed by atoms with Gasteiger partial charge in [-0.2, -0.15) is 0 Å². The Labute approximate surface area is 198 Å². The van der Waals surface area contributed by atoms with Gasteiger partial charge in [0.05, 0.1) is 0 Å². The molecular weight excluding hydrogens is 415 g/mol. The molecule has 0 N–H and O–H groups in total. The molecule has 33 heavy (non-hydrogen) atoms. The van der Waals surface area contributed by atoms with Crippen LogP contribution in [0.2, 0.25) is 0 Å². The molecule has 0 radical (unpaired) electrons. The van der Waals surface area contributed by atoms with E-state index in [1.807, 2.05) is 0 Å². The fraction of sp³-hybridized carbons (Fsp3) is 0.188. The predicted octanol–water partition coefficient (Wildman–Crippen LogP) is 7.14. The molecule has 4 atom stereocenters. The molecule has 0 saturated heterocycles. The second-order valence-corrected chi connectivity index (χ2v) is 11.7. The molecule has 2 aliphatic rings. The Kier molecular flexibility index (Phi) is 5.71. The van der Waals surface area contributed by atoms with E-state index >= 15 is 0 Å². The molecule has 0 heterocycles. The van der Waals surface area contributed by atoms with E-state index in [9.17, 15) is 0 Å². The van der Waals surface area contributed by atoms with Gasteiger partial charge in [-0.25, -0.2) is 0 Å². The van der Waals surface area contributed by atoms with E-state index in [0.29, 0.717) is 29.3 Å². The minimum atomic E-state index is -0.470. The first-order chi connectivity index (χ1) is 16.4. The zero-order valence-electron chi connectivity index (χ0n) is 18.7. The Morgan fingerprint density at radius 3 is 1.42 bits per heavy atom. The van der Waals surface area contributed by atoms with E-state index < -0.39 is 7.92 Å². The zero-order valence-corrected chi connectivity index (χ0v) is 19.6. The van der Waals surface area contributed by atoms with Crippen LogP contribution >= 0.6 is 7.92 Å². The Morgan fingerprint density at radius 1 is 0.515 bits per heavy atom. The Balaban J connectivity index is 1.52. The number of allylic oxidation sites excluding steroid dienone is 2. The Morgan fingerprint density at radius 2 is 0.939 bits per heavy atom. The van der Waals surface area contributed by atoms with Gasteiger partial charge in [0.1, 0.15) is 0 Å². The summed E-state index contributed by atoms with van der Waals surface area (Å²) in [6, 6.07) is 45.1. The topological polar surface area (TPSA) is 0 Å². The fourth-order valence-electron chi connectivity index (χ4n) is 6.27. The van der Waals surface area contributed by atoms with Gasteiger partial charge in [0.15, 0.2) is 0 Å². The normalized spacial score (nSPS) is 23.5. The maximum absolute atomic E-state index is 2.54. The van der Waals surface area contributed by atoms with Crippen molar-refractivity contribution in [2.75, 3.05) is 0 Å². The van der Waals surface area contributed by atoms with Crippen LogP contribution in [0.3, 0.4) is 0 Å². The minimum absolute atomic E-state index is 0.412. The molecule has 1 heteroatoms. The van der Waals surface area contributed by atoms with Crippen molar-refractivity contribution in [1.29, 1.82) is 0 Å². The van der Waals surface area contributed by atoms with E-state index in [0.717, 1.165) is 0 Å². The van der Waals surface area contributed by atoms with Crippen LogP contribution in [0.1, 0.15) is 23.5 Å². The predicted molar refractivity (Wildman–Crippen MR) is 142 cm³/mol. The van der Waals surface area contributed by atoms with E-state index in [4.69, 9.17) is 0 Å². The van der Waals surface area contributed by atoms with Gasteiger partial charge in [0, 0.05) is 5.92 Å². The molecule has 4 aromatic rings. The summed E-state index contributed by atoms with van der Waals surface area (Å²) < 4.78 is 0. The van der Waals surface area contributed by atoms with Crippen LogP contribution in [0.5, 0.6) is 0 Å². The SMILES string of the molecule is C1=C[C@@H]2CC1[C@H](C(c1ccccc1)c1ccccc1)[C@H]2P(c1ccccc1)c1ccccc1. The Hall–Kier alpha value is -2.95. The van der Waals surface area contributed by atoms with E-state index in [-0.39, 0.29) is 0 Å². The number of benzene rings is 4. The molecule has 162 valence electrons. The van der Waals surface area contributed by atoms with Gasteiger partial charge in [-0.1, -0.05) is 133 Å². The molecule has 2 aliphatic carbocycles. The molecule has 2 bridgehead atoms. The summed E-state index contributed by atoms with van der Waals surface area (Å²) in [7, 11) is -0.470. The average molecular weight is 445 g/mol. The van der Waals surface area contributed by atoms with Crippen molar-refractivity contribution in [3.05, 3.63) is 145 Å². The lowest BCUT2D eigenvalue weighted by Gasteiger charge is -2.40. The Bertz CT molecular complexity index is 1020. The van der Waals surface area contributed by atoms with Gasteiger partial charge >= 0.3 is 0 Å². The highest BCUT2D eigenvalue weighted by molar-refractivity contribution is 7.73. The van der Waals surface area contributed by atoms with Crippen LogP contribution in [0.25, 0.3) is 0 Å². The summed E-state index contributed by atoms with van der Waals surface area (Å²) in [5.74, 6) is 2.30. The van der Waals surface area contributed by atoms with Crippen molar-refractivity contribution in [2.24, 2.45) is 17.8 Å². The van der Waals surface area contributed by atoms with Crippen LogP contribution in [0.4, 0.5) is 0 Å². The molecule has 4 aromatic carbocycles. The summed E-state index contributed by atoms with van der Waals surface area (Å²) in [6.45, 7) is 0. The molecule has 0 aromatic heterocycles. The summed E-state index contributed by atoms with van der Waals surface area (Å²) in [6.07, 6.45) is 6.37. The number of rotatable bonds is 6. The highest BCUT2D eigenvalue weighted by Crippen LogP contribution is 2.62. The van der Waals surface area contributed by atoms with Crippen LogP contribution in [0, 0.1) is 17.8 Å². The van der Waals surface area contributed by atoms with Crippen molar-refractivity contribution in [3.8, 4) is 0 Å². The third-order valence-corrected chi connectivity index (χ3v) is 10.6. The zero-order chi connectivity index (χ0) is 22.0. The molecule has 1 saturated carbocycles. The van der Waals surface area contributed by atoms with Crippen molar-refractivity contribution < 1.29 is 0 Å². The maximum Gasteiger partial charge on any atom is 0.0130 e. The summed E-state index contributed by atoms with van der Waals surface area (Å²) in [4.78, 5) is 0. The van der Waals surface area contributed by atoms with Crippen molar-refractivity contribution >= 4 is 18.5 Å². The first-order valence-electron chi connectivity index (χ1n) is 12.1. The third-order valence-electron chi connectivity index (χ3n) is 7.55. The van der Waals surface area contributed by atoms with Crippen molar-refractivity contribution in [2.45, 2.75) is 18.0 Å².